The van der Waals surface area contributed by atoms with Crippen LogP contribution >= 0.6 is 0 Å². The van der Waals surface area contributed by atoms with E-state index in [1.54, 1.807) is 0 Å². The van der Waals surface area contributed by atoms with Gasteiger partial charge in [-0.1, -0.05) is 0 Å². The number of hydrogen-bond acceptors (Lipinski definition) is 2. The van der Waals surface area contributed by atoms with Crippen LogP contribution in [0.4, 0.5) is 0 Å². The summed E-state index contributed by atoms with van der Waals surface area (Å²) in [7, 11) is 2.28. The highest BCUT2D eigenvalue weighted by atomic mass is 15.2. The van der Waals surface area contributed by atoms with Crippen molar-refractivity contribution in [2.24, 2.45) is 5.41 Å². The lowest BCUT2D eigenvalue weighted by atomic mass is 9.63. The number of hydrogen-bond donors (Lipinski definition) is 0. The van der Waals surface area contributed by atoms with E-state index in [1.165, 1.54) is 77.5 Å². The summed E-state index contributed by atoms with van der Waals surface area (Å²) < 4.78 is 0. The van der Waals surface area contributed by atoms with Crippen LogP contribution in [0.5, 0.6) is 0 Å². The standard InChI is InChI=1S/C16H30N2/c1-15(18-11-3-4-12-18)5-7-16(8-6-15)9-13-17(2)14-10-16/h3-14H2,1-2H3. The Labute approximate surface area is 113 Å². The first-order chi connectivity index (χ1) is 8.62. The van der Waals surface area contributed by atoms with Crippen molar-refractivity contribution in [2.75, 3.05) is 33.2 Å². The molecule has 0 N–H and O–H groups in total. The highest BCUT2D eigenvalue weighted by molar-refractivity contribution is 4.99. The molecule has 0 unspecified atom stereocenters. The predicted octanol–water partition coefficient (Wildman–Crippen LogP) is 3.13. The van der Waals surface area contributed by atoms with Crippen LogP contribution in [0.1, 0.15) is 58.3 Å². The quantitative estimate of drug-likeness (QED) is 0.705. The zero-order chi connectivity index (χ0) is 12.6. The molecule has 0 amide bonds. The normalized spacial score (nSPS) is 33.0. The molecule has 104 valence electrons. The van der Waals surface area contributed by atoms with Gasteiger partial charge in [-0.05, 0) is 96.9 Å². The lowest BCUT2D eigenvalue weighted by Gasteiger charge is -2.51. The Balaban J connectivity index is 1.60. The molecule has 3 rings (SSSR count). The van der Waals surface area contributed by atoms with Crippen LogP contribution in [0, 0.1) is 5.41 Å². The maximum Gasteiger partial charge on any atom is 0.0181 e. The van der Waals surface area contributed by atoms with Crippen molar-refractivity contribution in [1.82, 2.24) is 9.80 Å². The van der Waals surface area contributed by atoms with Crippen LogP contribution in [0.25, 0.3) is 0 Å². The highest BCUT2D eigenvalue weighted by Crippen LogP contribution is 2.49. The van der Waals surface area contributed by atoms with E-state index in [1.807, 2.05) is 0 Å². The lowest BCUT2D eigenvalue weighted by molar-refractivity contribution is 0.00307. The fourth-order valence-corrected chi connectivity index (χ4v) is 4.48. The summed E-state index contributed by atoms with van der Waals surface area (Å²) >= 11 is 0. The number of piperidine rings is 1. The maximum absolute atomic E-state index is 2.80. The Morgan fingerprint density at radius 2 is 1.28 bits per heavy atom. The van der Waals surface area contributed by atoms with E-state index in [-0.39, 0.29) is 0 Å². The Hall–Kier alpha value is -0.0800. The van der Waals surface area contributed by atoms with Crippen molar-refractivity contribution < 1.29 is 0 Å². The van der Waals surface area contributed by atoms with Gasteiger partial charge in [-0.15, -0.1) is 0 Å². The Bertz CT molecular complexity index is 275. The monoisotopic (exact) mass is 250 g/mol. The van der Waals surface area contributed by atoms with Gasteiger partial charge in [-0.25, -0.2) is 0 Å². The van der Waals surface area contributed by atoms with Crippen LogP contribution in [0.3, 0.4) is 0 Å². The summed E-state index contributed by atoms with van der Waals surface area (Å²) in [6, 6.07) is 0. The van der Waals surface area contributed by atoms with Crippen molar-refractivity contribution in [3.63, 3.8) is 0 Å². The molecule has 0 atom stereocenters. The van der Waals surface area contributed by atoms with E-state index >= 15 is 0 Å². The predicted molar refractivity (Wildman–Crippen MR) is 76.8 cm³/mol. The lowest BCUT2D eigenvalue weighted by Crippen LogP contribution is -2.51. The minimum atomic E-state index is 0.547. The third-order valence-electron chi connectivity index (χ3n) is 6.31. The minimum absolute atomic E-state index is 0.547. The first kappa shape index (κ1) is 12.9. The molecule has 2 nitrogen and oxygen atoms in total. The van der Waals surface area contributed by atoms with E-state index in [2.05, 4.69) is 23.8 Å². The van der Waals surface area contributed by atoms with Crippen molar-refractivity contribution >= 4 is 0 Å². The van der Waals surface area contributed by atoms with Crippen LogP contribution in [0.2, 0.25) is 0 Å². The van der Waals surface area contributed by atoms with E-state index in [0.717, 1.165) is 5.41 Å². The van der Waals surface area contributed by atoms with Crippen LogP contribution in [-0.2, 0) is 0 Å². The van der Waals surface area contributed by atoms with E-state index in [9.17, 15) is 0 Å². The molecule has 3 fully saturated rings. The molecular weight excluding hydrogens is 220 g/mol. The minimum Gasteiger partial charge on any atom is -0.306 e. The van der Waals surface area contributed by atoms with Gasteiger partial charge in [-0.3, -0.25) is 4.90 Å². The van der Waals surface area contributed by atoms with E-state index in [0.29, 0.717) is 5.54 Å². The molecule has 1 saturated carbocycles. The van der Waals surface area contributed by atoms with E-state index in [4.69, 9.17) is 0 Å². The second-order valence-electron chi connectivity index (χ2n) is 7.49. The number of likely N-dealkylation sites (tertiary alicyclic amines) is 2. The Morgan fingerprint density at radius 3 is 1.83 bits per heavy atom. The average Bonchev–Trinajstić information content (AvgIpc) is 2.92. The summed E-state index contributed by atoms with van der Waals surface area (Å²) in [6.45, 7) is 7.94. The van der Waals surface area contributed by atoms with Gasteiger partial charge in [0.15, 0.2) is 0 Å². The second kappa shape index (κ2) is 4.79. The maximum atomic E-state index is 2.80. The molecule has 2 saturated heterocycles. The summed E-state index contributed by atoms with van der Waals surface area (Å²) in [6.07, 6.45) is 11.7. The van der Waals surface area contributed by atoms with Gasteiger partial charge in [0.05, 0.1) is 0 Å². The largest absolute Gasteiger partial charge is 0.306 e. The smallest absolute Gasteiger partial charge is 0.0181 e. The zero-order valence-electron chi connectivity index (χ0n) is 12.4. The van der Waals surface area contributed by atoms with Gasteiger partial charge >= 0.3 is 0 Å². The van der Waals surface area contributed by atoms with Crippen molar-refractivity contribution in [2.45, 2.75) is 63.8 Å². The summed E-state index contributed by atoms with van der Waals surface area (Å²) in [5, 5.41) is 0. The van der Waals surface area contributed by atoms with E-state index < -0.39 is 0 Å². The van der Waals surface area contributed by atoms with Gasteiger partial charge in [0, 0.05) is 5.54 Å². The van der Waals surface area contributed by atoms with Crippen LogP contribution < -0.4 is 0 Å². The molecule has 0 aromatic rings. The third-order valence-corrected chi connectivity index (χ3v) is 6.31. The van der Waals surface area contributed by atoms with Gasteiger partial charge in [0.1, 0.15) is 0 Å². The fourth-order valence-electron chi connectivity index (χ4n) is 4.48. The SMILES string of the molecule is CN1CCC2(CC1)CCC(C)(N1CCCC1)CC2. The molecule has 2 heterocycles. The number of rotatable bonds is 1. The van der Waals surface area contributed by atoms with Gasteiger partial charge in [-0.2, -0.15) is 0 Å². The van der Waals surface area contributed by atoms with Gasteiger partial charge in [0.25, 0.3) is 0 Å². The molecule has 0 radical (unpaired) electrons. The molecule has 3 aliphatic rings. The van der Waals surface area contributed by atoms with Crippen LogP contribution in [-0.4, -0.2) is 48.6 Å². The molecule has 2 aliphatic heterocycles. The molecule has 18 heavy (non-hydrogen) atoms. The molecule has 0 aromatic carbocycles. The molecule has 0 aromatic heterocycles. The fraction of sp³-hybridized carbons (Fsp3) is 1.00. The van der Waals surface area contributed by atoms with Crippen molar-refractivity contribution in [1.29, 1.82) is 0 Å². The van der Waals surface area contributed by atoms with Gasteiger partial charge < -0.3 is 4.90 Å². The molecular formula is C16H30N2. The average molecular weight is 250 g/mol. The first-order valence-electron chi connectivity index (χ1n) is 8.06. The molecule has 2 heteroatoms. The van der Waals surface area contributed by atoms with Crippen molar-refractivity contribution in [3.8, 4) is 0 Å². The molecule has 1 aliphatic carbocycles. The number of nitrogens with zero attached hydrogens (tertiary/aromatic N) is 2. The molecule has 0 bridgehead atoms. The Kier molecular flexibility index (Phi) is 3.44. The third kappa shape index (κ3) is 2.34. The second-order valence-corrected chi connectivity index (χ2v) is 7.49. The van der Waals surface area contributed by atoms with Crippen molar-refractivity contribution in [3.05, 3.63) is 0 Å². The zero-order valence-corrected chi connectivity index (χ0v) is 12.4. The van der Waals surface area contributed by atoms with Crippen LogP contribution in [0.15, 0.2) is 0 Å². The Morgan fingerprint density at radius 1 is 0.722 bits per heavy atom. The topological polar surface area (TPSA) is 6.48 Å². The first-order valence-corrected chi connectivity index (χ1v) is 8.06. The summed E-state index contributed by atoms with van der Waals surface area (Å²) in [5.74, 6) is 0. The summed E-state index contributed by atoms with van der Waals surface area (Å²) in [5.41, 5.74) is 1.27. The molecule has 1 spiro atoms. The van der Waals surface area contributed by atoms with Gasteiger partial charge in [0.2, 0.25) is 0 Å². The highest BCUT2D eigenvalue weighted by Gasteiger charge is 2.44. The summed E-state index contributed by atoms with van der Waals surface area (Å²) in [4.78, 5) is 5.31.